The van der Waals surface area contributed by atoms with Gasteiger partial charge in [0.25, 0.3) is 5.91 Å². The third-order valence-corrected chi connectivity index (χ3v) is 3.24. The molecule has 0 aliphatic rings. The SMILES string of the molecule is O=C(Nc1ccc(C(F)(F)F)cc1Cl)c1cn[nH]c1NC(=O)C(F)(F)F. The van der Waals surface area contributed by atoms with Crippen molar-refractivity contribution in [3.8, 4) is 0 Å². The molecular weight excluding hydrogens is 394 g/mol. The van der Waals surface area contributed by atoms with Crippen molar-refractivity contribution in [2.45, 2.75) is 12.4 Å². The molecule has 140 valence electrons. The highest BCUT2D eigenvalue weighted by Gasteiger charge is 2.39. The summed E-state index contributed by atoms with van der Waals surface area (Å²) < 4.78 is 74.5. The van der Waals surface area contributed by atoms with E-state index in [0.717, 1.165) is 12.3 Å². The van der Waals surface area contributed by atoms with E-state index in [9.17, 15) is 35.9 Å². The van der Waals surface area contributed by atoms with Crippen LogP contribution in [0.3, 0.4) is 0 Å². The second-order valence-electron chi connectivity index (χ2n) is 4.76. The van der Waals surface area contributed by atoms with Gasteiger partial charge in [0.05, 0.1) is 22.5 Å². The molecule has 0 atom stereocenters. The van der Waals surface area contributed by atoms with Crippen molar-refractivity contribution in [3.05, 3.63) is 40.5 Å². The first kappa shape index (κ1) is 19.6. The zero-order valence-corrected chi connectivity index (χ0v) is 13.0. The van der Waals surface area contributed by atoms with Gasteiger partial charge in [0.1, 0.15) is 11.4 Å². The first-order valence-electron chi connectivity index (χ1n) is 6.49. The first-order valence-corrected chi connectivity index (χ1v) is 6.87. The predicted molar refractivity (Wildman–Crippen MR) is 77.7 cm³/mol. The summed E-state index contributed by atoms with van der Waals surface area (Å²) in [6.07, 6.45) is -9.03. The molecule has 0 saturated heterocycles. The Labute approximate surface area is 145 Å². The van der Waals surface area contributed by atoms with Crippen LogP contribution in [-0.4, -0.2) is 28.2 Å². The van der Waals surface area contributed by atoms with Crippen LogP contribution in [0.2, 0.25) is 5.02 Å². The van der Waals surface area contributed by atoms with Crippen LogP contribution in [0.15, 0.2) is 24.4 Å². The molecule has 0 spiro atoms. The van der Waals surface area contributed by atoms with E-state index < -0.39 is 46.1 Å². The molecule has 1 aromatic carbocycles. The van der Waals surface area contributed by atoms with E-state index >= 15 is 0 Å². The average Bonchev–Trinajstić information content (AvgIpc) is 2.95. The molecule has 1 heterocycles. The zero-order chi connectivity index (χ0) is 19.7. The fourth-order valence-electron chi connectivity index (χ4n) is 1.72. The van der Waals surface area contributed by atoms with Crippen LogP contribution < -0.4 is 10.6 Å². The van der Waals surface area contributed by atoms with Gasteiger partial charge in [-0.15, -0.1) is 0 Å². The summed E-state index contributed by atoms with van der Waals surface area (Å²) in [5.41, 5.74) is -1.76. The predicted octanol–water partition coefficient (Wildman–Crippen LogP) is 3.83. The van der Waals surface area contributed by atoms with E-state index in [-0.39, 0.29) is 5.69 Å². The van der Waals surface area contributed by atoms with E-state index in [1.807, 2.05) is 5.10 Å². The number of hydrogen-bond donors (Lipinski definition) is 3. The summed E-state index contributed by atoms with van der Waals surface area (Å²) in [7, 11) is 0. The number of nitrogens with zero attached hydrogens (tertiary/aromatic N) is 1. The highest BCUT2D eigenvalue weighted by Crippen LogP contribution is 2.34. The Morgan fingerprint density at radius 1 is 1.08 bits per heavy atom. The Kier molecular flexibility index (Phi) is 5.16. The minimum Gasteiger partial charge on any atom is -0.320 e. The van der Waals surface area contributed by atoms with E-state index in [4.69, 9.17) is 11.6 Å². The molecule has 0 aliphatic heterocycles. The van der Waals surface area contributed by atoms with Crippen molar-refractivity contribution in [1.29, 1.82) is 0 Å². The van der Waals surface area contributed by atoms with Gasteiger partial charge < -0.3 is 10.6 Å². The fraction of sp³-hybridized carbons (Fsp3) is 0.154. The second kappa shape index (κ2) is 6.86. The molecule has 0 unspecified atom stereocenters. The summed E-state index contributed by atoms with van der Waals surface area (Å²) in [6, 6.07) is 2.10. The number of aromatic amines is 1. The minimum atomic E-state index is -5.20. The summed E-state index contributed by atoms with van der Waals surface area (Å²) in [5.74, 6) is -4.05. The summed E-state index contributed by atoms with van der Waals surface area (Å²) in [4.78, 5) is 23.0. The van der Waals surface area contributed by atoms with Gasteiger partial charge in [-0.1, -0.05) is 11.6 Å². The van der Waals surface area contributed by atoms with Crippen molar-refractivity contribution in [1.82, 2.24) is 10.2 Å². The maximum absolute atomic E-state index is 12.6. The van der Waals surface area contributed by atoms with Crippen LogP contribution in [0.1, 0.15) is 15.9 Å². The number of hydrogen-bond acceptors (Lipinski definition) is 3. The number of carbonyl (C=O) groups is 2. The fourth-order valence-corrected chi connectivity index (χ4v) is 1.95. The number of halogens is 7. The molecule has 0 fully saturated rings. The molecule has 6 nitrogen and oxygen atoms in total. The number of carbonyl (C=O) groups excluding carboxylic acids is 2. The quantitative estimate of drug-likeness (QED) is 0.684. The number of nitrogens with one attached hydrogen (secondary N) is 3. The van der Waals surface area contributed by atoms with Crippen molar-refractivity contribution in [2.75, 3.05) is 10.6 Å². The highest BCUT2D eigenvalue weighted by atomic mass is 35.5. The summed E-state index contributed by atoms with van der Waals surface area (Å²) in [6.45, 7) is 0. The van der Waals surface area contributed by atoms with Crippen LogP contribution in [0.4, 0.5) is 37.8 Å². The number of anilines is 2. The van der Waals surface area contributed by atoms with Crippen molar-refractivity contribution in [3.63, 3.8) is 0 Å². The molecular formula is C13H7ClF6N4O2. The smallest absolute Gasteiger partial charge is 0.320 e. The van der Waals surface area contributed by atoms with Crippen LogP contribution in [0.5, 0.6) is 0 Å². The number of aromatic nitrogens is 2. The van der Waals surface area contributed by atoms with Gasteiger partial charge >= 0.3 is 18.3 Å². The lowest BCUT2D eigenvalue weighted by molar-refractivity contribution is -0.167. The molecule has 2 amide bonds. The molecule has 0 saturated carbocycles. The Morgan fingerprint density at radius 3 is 2.27 bits per heavy atom. The van der Waals surface area contributed by atoms with Crippen molar-refractivity contribution < 1.29 is 35.9 Å². The normalized spacial score (nSPS) is 12.0. The highest BCUT2D eigenvalue weighted by molar-refractivity contribution is 6.34. The van der Waals surface area contributed by atoms with Crippen LogP contribution in [0.25, 0.3) is 0 Å². The van der Waals surface area contributed by atoms with Crippen molar-refractivity contribution >= 4 is 34.9 Å². The third kappa shape index (κ3) is 4.45. The lowest BCUT2D eigenvalue weighted by Crippen LogP contribution is -2.31. The molecule has 26 heavy (non-hydrogen) atoms. The van der Waals surface area contributed by atoms with Crippen LogP contribution in [0, 0.1) is 0 Å². The van der Waals surface area contributed by atoms with Gasteiger partial charge in [-0.05, 0) is 18.2 Å². The Balaban J connectivity index is 2.19. The molecule has 0 radical (unpaired) electrons. The first-order chi connectivity index (χ1) is 11.9. The zero-order valence-electron chi connectivity index (χ0n) is 12.2. The van der Waals surface area contributed by atoms with Gasteiger partial charge in [-0.3, -0.25) is 14.7 Å². The molecule has 0 bridgehead atoms. The van der Waals surface area contributed by atoms with Gasteiger partial charge in [-0.2, -0.15) is 31.4 Å². The molecule has 13 heteroatoms. The van der Waals surface area contributed by atoms with Crippen LogP contribution in [-0.2, 0) is 11.0 Å². The minimum absolute atomic E-state index is 0.223. The standard InChI is InChI=1S/C13H7ClF6N4O2/c14-7-3-5(12(15,16)17)1-2-8(7)22-10(25)6-4-21-24-9(6)23-11(26)13(18,19)20/h1-4H,(H,22,25)(H2,21,23,24,26). The van der Waals surface area contributed by atoms with E-state index in [1.165, 1.54) is 5.32 Å². The van der Waals surface area contributed by atoms with E-state index in [2.05, 4.69) is 10.4 Å². The second-order valence-corrected chi connectivity index (χ2v) is 5.16. The molecule has 1 aromatic heterocycles. The number of alkyl halides is 6. The maximum Gasteiger partial charge on any atom is 0.471 e. The monoisotopic (exact) mass is 400 g/mol. The Bertz CT molecular complexity index is 846. The Hall–Kier alpha value is -2.76. The molecule has 2 rings (SSSR count). The Morgan fingerprint density at radius 2 is 1.73 bits per heavy atom. The summed E-state index contributed by atoms with van der Waals surface area (Å²) >= 11 is 5.67. The number of H-pyrrole nitrogens is 1. The topological polar surface area (TPSA) is 86.9 Å². The van der Waals surface area contributed by atoms with Crippen molar-refractivity contribution in [2.24, 2.45) is 0 Å². The third-order valence-electron chi connectivity index (χ3n) is 2.92. The summed E-state index contributed by atoms with van der Waals surface area (Å²) in [5, 5.41) is 8.42. The van der Waals surface area contributed by atoms with Gasteiger partial charge in [-0.25, -0.2) is 0 Å². The van der Waals surface area contributed by atoms with E-state index in [0.29, 0.717) is 12.1 Å². The van der Waals surface area contributed by atoms with Gasteiger partial charge in [0.2, 0.25) is 0 Å². The molecule has 3 N–H and O–H groups in total. The van der Waals surface area contributed by atoms with Gasteiger partial charge in [0, 0.05) is 0 Å². The molecule has 2 aromatic rings. The largest absolute Gasteiger partial charge is 0.471 e. The average molecular weight is 401 g/mol. The lowest BCUT2D eigenvalue weighted by atomic mass is 10.2. The van der Waals surface area contributed by atoms with Gasteiger partial charge in [0.15, 0.2) is 0 Å². The molecule has 0 aliphatic carbocycles. The van der Waals surface area contributed by atoms with E-state index in [1.54, 1.807) is 0 Å². The van der Waals surface area contributed by atoms with Crippen LogP contribution >= 0.6 is 11.6 Å². The number of benzene rings is 1. The number of rotatable bonds is 3. The lowest BCUT2D eigenvalue weighted by Gasteiger charge is -2.11. The maximum atomic E-state index is 12.6. The number of amides is 2.